The second kappa shape index (κ2) is 5.47. The van der Waals surface area contributed by atoms with Crippen molar-refractivity contribution in [3.8, 4) is 0 Å². The van der Waals surface area contributed by atoms with Gasteiger partial charge in [-0.25, -0.2) is 4.98 Å². The molecule has 1 aromatic rings. The Hall–Kier alpha value is -1.40. The molecule has 1 amide bonds. The molecule has 1 heterocycles. The summed E-state index contributed by atoms with van der Waals surface area (Å²) in [6, 6.07) is -0.267. The molecule has 1 rings (SSSR count). The second-order valence-electron chi connectivity index (χ2n) is 3.34. The van der Waals surface area contributed by atoms with Gasteiger partial charge in [0.25, 0.3) is 5.91 Å². The fourth-order valence-electron chi connectivity index (χ4n) is 1.09. The monoisotopic (exact) mass is 212 g/mol. The highest BCUT2D eigenvalue weighted by atomic mass is 16.3. The van der Waals surface area contributed by atoms with E-state index in [-0.39, 0.29) is 18.6 Å². The molecule has 0 aliphatic carbocycles. The summed E-state index contributed by atoms with van der Waals surface area (Å²) in [5.41, 5.74) is 5.70. The average Bonchev–Trinajstić information content (AvgIpc) is 2.67. The molecule has 0 bridgehead atoms. The van der Waals surface area contributed by atoms with Gasteiger partial charge >= 0.3 is 0 Å². The minimum Gasteiger partial charge on any atom is -0.394 e. The van der Waals surface area contributed by atoms with Crippen molar-refractivity contribution in [2.45, 2.75) is 19.5 Å². The number of carbonyl (C=O) groups is 1. The predicted octanol–water partition coefficient (Wildman–Crippen LogP) is -1.05. The lowest BCUT2D eigenvalue weighted by atomic mass is 10.3. The van der Waals surface area contributed by atoms with Crippen molar-refractivity contribution in [1.82, 2.24) is 14.9 Å². The molecule has 0 aromatic carbocycles. The van der Waals surface area contributed by atoms with Gasteiger partial charge in [0.2, 0.25) is 0 Å². The van der Waals surface area contributed by atoms with Crippen LogP contribution in [0.2, 0.25) is 0 Å². The molecule has 6 heteroatoms. The van der Waals surface area contributed by atoms with Crippen LogP contribution >= 0.6 is 0 Å². The Morgan fingerprint density at radius 1 is 1.80 bits per heavy atom. The molecule has 0 fully saturated rings. The molecule has 6 nitrogen and oxygen atoms in total. The molecule has 0 aliphatic heterocycles. The van der Waals surface area contributed by atoms with Crippen LogP contribution in [0, 0.1) is 0 Å². The van der Waals surface area contributed by atoms with Gasteiger partial charge in [-0.2, -0.15) is 0 Å². The number of rotatable bonds is 5. The number of hydrogen-bond donors (Lipinski definition) is 3. The zero-order valence-corrected chi connectivity index (χ0v) is 8.68. The number of nitrogens with two attached hydrogens (primary N) is 1. The molecule has 0 saturated carbocycles. The van der Waals surface area contributed by atoms with E-state index in [1.165, 1.54) is 0 Å². The predicted molar refractivity (Wildman–Crippen MR) is 55.3 cm³/mol. The first-order valence-electron chi connectivity index (χ1n) is 4.81. The first kappa shape index (κ1) is 11.7. The van der Waals surface area contributed by atoms with Gasteiger partial charge in [0, 0.05) is 25.3 Å². The molecular formula is C9H16N4O2. The average molecular weight is 212 g/mol. The summed E-state index contributed by atoms with van der Waals surface area (Å²) in [6.45, 7) is 2.77. The Bertz CT molecular complexity index is 324. The largest absolute Gasteiger partial charge is 0.394 e. The first-order valence-corrected chi connectivity index (χ1v) is 4.81. The summed E-state index contributed by atoms with van der Waals surface area (Å²) >= 11 is 0. The van der Waals surface area contributed by atoms with Gasteiger partial charge < -0.3 is 20.7 Å². The van der Waals surface area contributed by atoms with Crippen LogP contribution < -0.4 is 11.1 Å². The number of imidazole rings is 1. The molecule has 0 saturated heterocycles. The summed E-state index contributed by atoms with van der Waals surface area (Å²) < 4.78 is 1.75. The van der Waals surface area contributed by atoms with Crippen LogP contribution in [-0.2, 0) is 6.54 Å². The van der Waals surface area contributed by atoms with Crippen molar-refractivity contribution in [2.24, 2.45) is 5.73 Å². The Labute approximate surface area is 88.1 Å². The molecule has 0 unspecified atom stereocenters. The van der Waals surface area contributed by atoms with Crippen LogP contribution in [0.3, 0.4) is 0 Å². The minimum atomic E-state index is -0.285. The van der Waals surface area contributed by atoms with Gasteiger partial charge in [-0.1, -0.05) is 0 Å². The molecule has 84 valence electrons. The maximum atomic E-state index is 11.5. The van der Waals surface area contributed by atoms with Gasteiger partial charge in [0.15, 0.2) is 0 Å². The number of aliphatic hydroxyl groups is 1. The molecule has 1 aromatic heterocycles. The summed E-state index contributed by atoms with van der Waals surface area (Å²) in [4.78, 5) is 15.4. The van der Waals surface area contributed by atoms with Crippen molar-refractivity contribution < 1.29 is 9.90 Å². The van der Waals surface area contributed by atoms with E-state index in [9.17, 15) is 4.79 Å². The van der Waals surface area contributed by atoms with E-state index in [2.05, 4.69) is 10.3 Å². The minimum absolute atomic E-state index is 0.0880. The third kappa shape index (κ3) is 3.34. The maximum absolute atomic E-state index is 11.5. The van der Waals surface area contributed by atoms with E-state index in [1.54, 1.807) is 24.0 Å². The van der Waals surface area contributed by atoms with Crippen LogP contribution in [0.4, 0.5) is 0 Å². The van der Waals surface area contributed by atoms with E-state index in [0.29, 0.717) is 18.8 Å². The number of aliphatic hydroxyl groups excluding tert-OH is 1. The van der Waals surface area contributed by atoms with Gasteiger partial charge in [-0.15, -0.1) is 0 Å². The number of carbonyl (C=O) groups excluding carboxylic acids is 1. The highest BCUT2D eigenvalue weighted by Gasteiger charge is 2.11. The quantitative estimate of drug-likeness (QED) is 0.580. The molecular weight excluding hydrogens is 196 g/mol. The summed E-state index contributed by atoms with van der Waals surface area (Å²) in [7, 11) is 0. The third-order valence-corrected chi connectivity index (χ3v) is 1.90. The van der Waals surface area contributed by atoms with Crippen LogP contribution in [0.25, 0.3) is 0 Å². The number of hydrogen-bond acceptors (Lipinski definition) is 4. The number of nitrogens with one attached hydrogen (secondary N) is 1. The van der Waals surface area contributed by atoms with Gasteiger partial charge in [-0.05, 0) is 6.92 Å². The lowest BCUT2D eigenvalue weighted by molar-refractivity contribution is 0.0917. The molecule has 15 heavy (non-hydrogen) atoms. The van der Waals surface area contributed by atoms with Crippen molar-refractivity contribution in [3.05, 3.63) is 18.2 Å². The summed E-state index contributed by atoms with van der Waals surface area (Å²) in [5, 5.41) is 11.4. The summed E-state index contributed by atoms with van der Waals surface area (Å²) in [5.74, 6) is -0.285. The first-order chi connectivity index (χ1) is 7.17. The Morgan fingerprint density at radius 2 is 2.53 bits per heavy atom. The fraction of sp³-hybridized carbons (Fsp3) is 0.556. The van der Waals surface area contributed by atoms with Crippen molar-refractivity contribution in [3.63, 3.8) is 0 Å². The van der Waals surface area contributed by atoms with Gasteiger partial charge in [0.1, 0.15) is 5.69 Å². The zero-order chi connectivity index (χ0) is 11.3. The van der Waals surface area contributed by atoms with Crippen molar-refractivity contribution in [1.29, 1.82) is 0 Å². The smallest absolute Gasteiger partial charge is 0.271 e. The summed E-state index contributed by atoms with van der Waals surface area (Å²) in [6.07, 6.45) is 3.19. The lowest BCUT2D eigenvalue weighted by Gasteiger charge is -2.08. The van der Waals surface area contributed by atoms with Crippen LogP contribution in [-0.4, -0.2) is 39.8 Å². The Morgan fingerprint density at radius 3 is 3.13 bits per heavy atom. The Balaban J connectivity index is 2.58. The van der Waals surface area contributed by atoms with E-state index in [1.807, 2.05) is 0 Å². The van der Waals surface area contributed by atoms with Gasteiger partial charge in [-0.3, -0.25) is 4.79 Å². The highest BCUT2D eigenvalue weighted by Crippen LogP contribution is 1.96. The SMILES string of the molecule is C[C@H](CO)NC(=O)c1cn(CCN)cn1. The molecule has 0 spiro atoms. The van der Waals surface area contributed by atoms with Gasteiger partial charge in [0.05, 0.1) is 12.9 Å². The van der Waals surface area contributed by atoms with E-state index in [0.717, 1.165) is 0 Å². The standard InChI is InChI=1S/C9H16N4O2/c1-7(5-14)12-9(15)8-4-13(3-2-10)6-11-8/h4,6-7,14H,2-3,5,10H2,1H3,(H,12,15)/t7-/m1/s1. The van der Waals surface area contributed by atoms with Crippen molar-refractivity contribution in [2.75, 3.05) is 13.2 Å². The van der Waals surface area contributed by atoms with E-state index >= 15 is 0 Å². The third-order valence-electron chi connectivity index (χ3n) is 1.90. The van der Waals surface area contributed by atoms with Crippen LogP contribution in [0.1, 0.15) is 17.4 Å². The lowest BCUT2D eigenvalue weighted by Crippen LogP contribution is -2.35. The van der Waals surface area contributed by atoms with E-state index in [4.69, 9.17) is 10.8 Å². The molecule has 0 radical (unpaired) electrons. The molecule has 4 N–H and O–H groups in total. The maximum Gasteiger partial charge on any atom is 0.271 e. The van der Waals surface area contributed by atoms with Crippen LogP contribution in [0.15, 0.2) is 12.5 Å². The Kier molecular flexibility index (Phi) is 4.26. The van der Waals surface area contributed by atoms with Crippen molar-refractivity contribution >= 4 is 5.91 Å². The normalized spacial score (nSPS) is 12.5. The highest BCUT2D eigenvalue weighted by molar-refractivity contribution is 5.92. The number of nitrogens with zero attached hydrogens (tertiary/aromatic N) is 2. The number of amides is 1. The van der Waals surface area contributed by atoms with Crippen LogP contribution in [0.5, 0.6) is 0 Å². The number of aromatic nitrogens is 2. The second-order valence-corrected chi connectivity index (χ2v) is 3.34. The molecule has 1 atom stereocenters. The van der Waals surface area contributed by atoms with E-state index < -0.39 is 0 Å². The molecule has 0 aliphatic rings. The topological polar surface area (TPSA) is 93.2 Å². The zero-order valence-electron chi connectivity index (χ0n) is 8.68. The fourth-order valence-corrected chi connectivity index (χ4v) is 1.09.